The summed E-state index contributed by atoms with van der Waals surface area (Å²) in [6, 6.07) is 1.36. The van der Waals surface area contributed by atoms with Gasteiger partial charge in [-0.2, -0.15) is 0 Å². The Morgan fingerprint density at radius 1 is 1.22 bits per heavy atom. The molecule has 1 saturated heterocycles. The lowest BCUT2D eigenvalue weighted by molar-refractivity contribution is -0.0797. The zero-order valence-corrected chi connectivity index (χ0v) is 12.5. The molecule has 0 amide bonds. The molecule has 2 heteroatoms. The van der Waals surface area contributed by atoms with Gasteiger partial charge in [0.05, 0.1) is 5.60 Å². The molecule has 0 aromatic heterocycles. The van der Waals surface area contributed by atoms with Crippen LogP contribution in [0.25, 0.3) is 0 Å². The van der Waals surface area contributed by atoms with Crippen molar-refractivity contribution in [3.05, 3.63) is 0 Å². The summed E-state index contributed by atoms with van der Waals surface area (Å²) in [6.45, 7) is 7.84. The van der Waals surface area contributed by atoms with Crippen molar-refractivity contribution in [3.63, 3.8) is 0 Å². The van der Waals surface area contributed by atoms with Gasteiger partial charge in [0.15, 0.2) is 0 Å². The Morgan fingerprint density at radius 3 is 2.61 bits per heavy atom. The van der Waals surface area contributed by atoms with Gasteiger partial charge in [0.1, 0.15) is 0 Å². The average molecular weight is 253 g/mol. The minimum absolute atomic E-state index is 0.113. The van der Waals surface area contributed by atoms with Crippen molar-refractivity contribution < 1.29 is 4.74 Å². The molecule has 18 heavy (non-hydrogen) atoms. The summed E-state index contributed by atoms with van der Waals surface area (Å²) < 4.78 is 5.93. The minimum atomic E-state index is 0.113. The molecule has 1 aliphatic carbocycles. The standard InChI is InChI=1S/C16H31NO/c1-4-16(3)12-15(10-11-18-16)17-13(2)14-8-6-5-7-9-14/h13-15,17H,4-12H2,1-3H3/t13-,15?,16?/m0/s1. The Labute approximate surface area is 113 Å². The number of rotatable bonds is 4. The summed E-state index contributed by atoms with van der Waals surface area (Å²) in [4.78, 5) is 0. The quantitative estimate of drug-likeness (QED) is 0.820. The van der Waals surface area contributed by atoms with E-state index in [1.807, 2.05) is 0 Å². The van der Waals surface area contributed by atoms with Crippen molar-refractivity contribution in [2.24, 2.45) is 5.92 Å². The molecular weight excluding hydrogens is 222 g/mol. The lowest BCUT2D eigenvalue weighted by Gasteiger charge is -2.40. The van der Waals surface area contributed by atoms with E-state index in [9.17, 15) is 0 Å². The van der Waals surface area contributed by atoms with Crippen LogP contribution in [0.2, 0.25) is 0 Å². The van der Waals surface area contributed by atoms with Crippen LogP contribution in [-0.2, 0) is 4.74 Å². The SMILES string of the molecule is CCC1(C)CC(N[C@@H](C)C2CCCCC2)CCO1. The molecule has 1 N–H and O–H groups in total. The fourth-order valence-electron chi connectivity index (χ4n) is 3.66. The van der Waals surface area contributed by atoms with E-state index >= 15 is 0 Å². The van der Waals surface area contributed by atoms with Crippen molar-refractivity contribution in [1.82, 2.24) is 5.32 Å². The maximum absolute atomic E-state index is 5.93. The normalized spacial score (nSPS) is 36.5. The van der Waals surface area contributed by atoms with Gasteiger partial charge in [-0.05, 0) is 51.9 Å². The predicted molar refractivity (Wildman–Crippen MR) is 76.8 cm³/mol. The van der Waals surface area contributed by atoms with Crippen molar-refractivity contribution in [2.75, 3.05) is 6.61 Å². The van der Waals surface area contributed by atoms with Crippen LogP contribution in [0.5, 0.6) is 0 Å². The molecule has 2 rings (SSSR count). The molecule has 1 aliphatic heterocycles. The van der Waals surface area contributed by atoms with Gasteiger partial charge in [-0.3, -0.25) is 0 Å². The molecule has 2 unspecified atom stereocenters. The predicted octanol–water partition coefficient (Wildman–Crippen LogP) is 3.89. The molecule has 3 atom stereocenters. The Balaban J connectivity index is 1.81. The second-order valence-corrected chi connectivity index (χ2v) is 6.70. The van der Waals surface area contributed by atoms with Crippen LogP contribution >= 0.6 is 0 Å². The van der Waals surface area contributed by atoms with Gasteiger partial charge in [-0.1, -0.05) is 26.2 Å². The summed E-state index contributed by atoms with van der Waals surface area (Å²) in [5.74, 6) is 0.912. The van der Waals surface area contributed by atoms with E-state index in [2.05, 4.69) is 26.1 Å². The van der Waals surface area contributed by atoms with Crippen molar-refractivity contribution in [2.45, 2.75) is 89.8 Å². The average Bonchev–Trinajstić information content (AvgIpc) is 2.40. The van der Waals surface area contributed by atoms with Crippen LogP contribution in [0, 0.1) is 5.92 Å². The van der Waals surface area contributed by atoms with E-state index < -0.39 is 0 Å². The number of hydrogen-bond acceptors (Lipinski definition) is 2. The van der Waals surface area contributed by atoms with Crippen LogP contribution < -0.4 is 5.32 Å². The lowest BCUT2D eigenvalue weighted by atomic mass is 9.83. The van der Waals surface area contributed by atoms with Crippen molar-refractivity contribution in [1.29, 1.82) is 0 Å². The summed E-state index contributed by atoms with van der Waals surface area (Å²) in [5, 5.41) is 3.90. The molecule has 2 fully saturated rings. The number of ether oxygens (including phenoxy) is 1. The van der Waals surface area contributed by atoms with Gasteiger partial charge in [-0.25, -0.2) is 0 Å². The highest BCUT2D eigenvalue weighted by Crippen LogP contribution is 2.30. The Bertz CT molecular complexity index is 249. The topological polar surface area (TPSA) is 21.3 Å². The second kappa shape index (κ2) is 6.38. The van der Waals surface area contributed by atoms with Crippen LogP contribution in [0.15, 0.2) is 0 Å². The van der Waals surface area contributed by atoms with E-state index in [4.69, 9.17) is 4.74 Å². The van der Waals surface area contributed by atoms with E-state index in [0.717, 1.165) is 18.9 Å². The highest BCUT2D eigenvalue weighted by Gasteiger charge is 2.33. The Kier molecular flexibility index (Phi) is 5.08. The van der Waals surface area contributed by atoms with Gasteiger partial charge in [0.2, 0.25) is 0 Å². The number of hydrogen-bond donors (Lipinski definition) is 1. The second-order valence-electron chi connectivity index (χ2n) is 6.70. The smallest absolute Gasteiger partial charge is 0.0666 e. The lowest BCUT2D eigenvalue weighted by Crippen LogP contribution is -2.49. The van der Waals surface area contributed by atoms with Gasteiger partial charge in [0, 0.05) is 18.7 Å². The molecule has 0 aromatic carbocycles. The van der Waals surface area contributed by atoms with E-state index in [0.29, 0.717) is 12.1 Å². The molecule has 0 bridgehead atoms. The first kappa shape index (κ1) is 14.3. The molecule has 0 aromatic rings. The molecule has 1 heterocycles. The first-order chi connectivity index (χ1) is 8.63. The summed E-state index contributed by atoms with van der Waals surface area (Å²) in [6.07, 6.45) is 10.7. The largest absolute Gasteiger partial charge is 0.375 e. The van der Waals surface area contributed by atoms with Gasteiger partial charge in [0.25, 0.3) is 0 Å². The van der Waals surface area contributed by atoms with E-state index in [1.54, 1.807) is 0 Å². The van der Waals surface area contributed by atoms with Crippen LogP contribution in [0.3, 0.4) is 0 Å². The van der Waals surface area contributed by atoms with Gasteiger partial charge in [-0.15, -0.1) is 0 Å². The first-order valence-corrected chi connectivity index (χ1v) is 8.03. The maximum Gasteiger partial charge on any atom is 0.0666 e. The zero-order chi connectivity index (χ0) is 13.0. The molecule has 1 saturated carbocycles. The third-order valence-corrected chi connectivity index (χ3v) is 5.20. The highest BCUT2D eigenvalue weighted by molar-refractivity contribution is 4.88. The maximum atomic E-state index is 5.93. The van der Waals surface area contributed by atoms with Crippen LogP contribution in [0.1, 0.15) is 72.1 Å². The van der Waals surface area contributed by atoms with Gasteiger partial charge < -0.3 is 10.1 Å². The molecule has 2 aliphatic rings. The third kappa shape index (κ3) is 3.71. The van der Waals surface area contributed by atoms with Crippen LogP contribution in [-0.4, -0.2) is 24.3 Å². The third-order valence-electron chi connectivity index (χ3n) is 5.20. The minimum Gasteiger partial charge on any atom is -0.375 e. The number of nitrogens with one attached hydrogen (secondary N) is 1. The monoisotopic (exact) mass is 253 g/mol. The van der Waals surface area contributed by atoms with Gasteiger partial charge >= 0.3 is 0 Å². The molecular formula is C16H31NO. The summed E-state index contributed by atoms with van der Waals surface area (Å²) in [5.41, 5.74) is 0.113. The zero-order valence-electron chi connectivity index (χ0n) is 12.5. The van der Waals surface area contributed by atoms with E-state index in [-0.39, 0.29) is 5.60 Å². The van der Waals surface area contributed by atoms with Crippen molar-refractivity contribution in [3.8, 4) is 0 Å². The Morgan fingerprint density at radius 2 is 1.94 bits per heavy atom. The van der Waals surface area contributed by atoms with Crippen molar-refractivity contribution >= 4 is 0 Å². The van der Waals surface area contributed by atoms with E-state index in [1.165, 1.54) is 44.9 Å². The fourth-order valence-corrected chi connectivity index (χ4v) is 3.66. The fraction of sp³-hybridized carbons (Fsp3) is 1.00. The summed E-state index contributed by atoms with van der Waals surface area (Å²) in [7, 11) is 0. The van der Waals surface area contributed by atoms with Crippen LogP contribution in [0.4, 0.5) is 0 Å². The first-order valence-electron chi connectivity index (χ1n) is 8.03. The molecule has 0 spiro atoms. The molecule has 0 radical (unpaired) electrons. The molecule has 106 valence electrons. The Hall–Kier alpha value is -0.0800. The summed E-state index contributed by atoms with van der Waals surface area (Å²) >= 11 is 0. The molecule has 2 nitrogen and oxygen atoms in total. The highest BCUT2D eigenvalue weighted by atomic mass is 16.5.